The fourth-order valence-corrected chi connectivity index (χ4v) is 1.57. The van der Waals surface area contributed by atoms with Gasteiger partial charge in [0.2, 0.25) is 0 Å². The topological polar surface area (TPSA) is 64.3 Å². The summed E-state index contributed by atoms with van der Waals surface area (Å²) in [5.41, 5.74) is 1.25. The lowest BCUT2D eigenvalue weighted by Crippen LogP contribution is -1.99. The van der Waals surface area contributed by atoms with E-state index in [2.05, 4.69) is 16.9 Å². The van der Waals surface area contributed by atoms with Gasteiger partial charge in [0.05, 0.1) is 12.7 Å². The Bertz CT molecular complexity index is 677. The number of aryl methyl sites for hydroxylation is 1. The summed E-state index contributed by atoms with van der Waals surface area (Å²) in [6.07, 6.45) is 0. The number of methoxy groups -OCH3 is 1. The number of ether oxygens (including phenoxy) is 1. The van der Waals surface area contributed by atoms with Crippen LogP contribution in [0.4, 0.5) is 0 Å². The first kappa shape index (κ1) is 12.7. The van der Waals surface area contributed by atoms with Crippen LogP contribution >= 0.6 is 0 Å². The molecule has 0 aliphatic carbocycles. The standard InChI is InChI=1S/C14H12N2O3/c1-16-11(9-12(15-16)14(17)18)8-7-10-5-3-4-6-13(10)19-2/h3-6,9H,1-2H3,(H,17,18). The highest BCUT2D eigenvalue weighted by molar-refractivity contribution is 5.85. The molecule has 0 saturated heterocycles. The molecule has 2 aromatic rings. The number of carboxylic acid groups (broad SMARTS) is 1. The van der Waals surface area contributed by atoms with Gasteiger partial charge >= 0.3 is 5.97 Å². The van der Waals surface area contributed by atoms with E-state index >= 15 is 0 Å². The van der Waals surface area contributed by atoms with Crippen molar-refractivity contribution in [1.29, 1.82) is 0 Å². The van der Waals surface area contributed by atoms with E-state index in [1.165, 1.54) is 10.7 Å². The van der Waals surface area contributed by atoms with E-state index in [4.69, 9.17) is 9.84 Å². The summed E-state index contributed by atoms with van der Waals surface area (Å²) < 4.78 is 6.62. The summed E-state index contributed by atoms with van der Waals surface area (Å²) in [7, 11) is 3.23. The molecular weight excluding hydrogens is 244 g/mol. The average molecular weight is 256 g/mol. The van der Waals surface area contributed by atoms with Crippen molar-refractivity contribution in [3.05, 3.63) is 47.3 Å². The number of carboxylic acids is 1. The molecule has 0 spiro atoms. The zero-order valence-electron chi connectivity index (χ0n) is 10.5. The maximum atomic E-state index is 10.8. The predicted octanol–water partition coefficient (Wildman–Crippen LogP) is 1.53. The molecule has 0 aliphatic rings. The van der Waals surface area contributed by atoms with Crippen molar-refractivity contribution in [3.63, 3.8) is 0 Å². The van der Waals surface area contributed by atoms with E-state index in [0.29, 0.717) is 11.4 Å². The average Bonchev–Trinajstić information content (AvgIpc) is 2.78. The molecule has 19 heavy (non-hydrogen) atoms. The summed E-state index contributed by atoms with van der Waals surface area (Å²) in [6.45, 7) is 0. The second-order valence-corrected chi connectivity index (χ2v) is 3.79. The van der Waals surface area contributed by atoms with Gasteiger partial charge in [0, 0.05) is 13.1 Å². The van der Waals surface area contributed by atoms with Crippen molar-refractivity contribution in [2.24, 2.45) is 7.05 Å². The molecule has 0 atom stereocenters. The van der Waals surface area contributed by atoms with Crippen LogP contribution in [0, 0.1) is 11.8 Å². The van der Waals surface area contributed by atoms with Crippen LogP contribution in [0.3, 0.4) is 0 Å². The van der Waals surface area contributed by atoms with Gasteiger partial charge in [-0.25, -0.2) is 4.79 Å². The van der Waals surface area contributed by atoms with E-state index in [1.54, 1.807) is 14.2 Å². The number of carbonyl (C=O) groups is 1. The first-order valence-corrected chi connectivity index (χ1v) is 5.54. The Labute approximate surface area is 110 Å². The smallest absolute Gasteiger partial charge is 0.356 e. The van der Waals surface area contributed by atoms with Gasteiger partial charge in [0.15, 0.2) is 5.69 Å². The molecule has 1 heterocycles. The van der Waals surface area contributed by atoms with Gasteiger partial charge in [-0.2, -0.15) is 5.10 Å². The quantitative estimate of drug-likeness (QED) is 0.827. The molecule has 0 unspecified atom stereocenters. The molecule has 5 nitrogen and oxygen atoms in total. The minimum absolute atomic E-state index is 0.0215. The van der Waals surface area contributed by atoms with E-state index in [9.17, 15) is 4.79 Å². The van der Waals surface area contributed by atoms with Crippen molar-refractivity contribution in [2.75, 3.05) is 7.11 Å². The number of aromatic carboxylic acids is 1. The van der Waals surface area contributed by atoms with Crippen molar-refractivity contribution in [2.45, 2.75) is 0 Å². The molecule has 96 valence electrons. The highest BCUT2D eigenvalue weighted by Gasteiger charge is 2.09. The fourth-order valence-electron chi connectivity index (χ4n) is 1.57. The molecule has 5 heteroatoms. The molecule has 1 N–H and O–H groups in total. The zero-order chi connectivity index (χ0) is 13.8. The zero-order valence-corrected chi connectivity index (χ0v) is 10.5. The summed E-state index contributed by atoms with van der Waals surface area (Å²) in [4.78, 5) is 10.8. The van der Waals surface area contributed by atoms with Gasteiger partial charge in [-0.1, -0.05) is 18.1 Å². The van der Waals surface area contributed by atoms with Crippen LogP contribution in [0.25, 0.3) is 0 Å². The molecule has 1 aromatic carbocycles. The largest absolute Gasteiger partial charge is 0.495 e. The van der Waals surface area contributed by atoms with Gasteiger partial charge in [-0.05, 0) is 18.1 Å². The van der Waals surface area contributed by atoms with Crippen LogP contribution in [0.15, 0.2) is 30.3 Å². The molecular formula is C14H12N2O3. The Balaban J connectivity index is 2.36. The van der Waals surface area contributed by atoms with E-state index in [0.717, 1.165) is 5.56 Å². The van der Waals surface area contributed by atoms with Gasteiger partial charge < -0.3 is 9.84 Å². The van der Waals surface area contributed by atoms with Gasteiger partial charge in [0.1, 0.15) is 11.4 Å². The maximum absolute atomic E-state index is 10.8. The lowest BCUT2D eigenvalue weighted by atomic mass is 10.2. The van der Waals surface area contributed by atoms with Crippen LogP contribution in [0.1, 0.15) is 21.7 Å². The van der Waals surface area contributed by atoms with Crippen LogP contribution in [0.2, 0.25) is 0 Å². The predicted molar refractivity (Wildman–Crippen MR) is 69.1 cm³/mol. The van der Waals surface area contributed by atoms with Crippen molar-refractivity contribution >= 4 is 5.97 Å². The van der Waals surface area contributed by atoms with Gasteiger partial charge in [-0.15, -0.1) is 0 Å². The maximum Gasteiger partial charge on any atom is 0.356 e. The Morgan fingerprint density at radius 1 is 1.37 bits per heavy atom. The summed E-state index contributed by atoms with van der Waals surface area (Å²) in [5.74, 6) is 5.44. The van der Waals surface area contributed by atoms with Gasteiger partial charge in [-0.3, -0.25) is 4.68 Å². The second-order valence-electron chi connectivity index (χ2n) is 3.79. The minimum atomic E-state index is -1.07. The van der Waals surface area contributed by atoms with Crippen LogP contribution < -0.4 is 4.74 Å². The lowest BCUT2D eigenvalue weighted by Gasteiger charge is -2.00. The number of hydrogen-bond acceptors (Lipinski definition) is 3. The van der Waals surface area contributed by atoms with E-state index < -0.39 is 5.97 Å². The molecule has 0 aliphatic heterocycles. The first-order chi connectivity index (χ1) is 9.11. The fraction of sp³-hybridized carbons (Fsp3) is 0.143. The molecule has 1 aromatic heterocycles. The molecule has 0 radical (unpaired) electrons. The van der Waals surface area contributed by atoms with Crippen LogP contribution in [0.5, 0.6) is 5.75 Å². The Hall–Kier alpha value is -2.74. The van der Waals surface area contributed by atoms with E-state index in [-0.39, 0.29) is 5.69 Å². The number of rotatable bonds is 2. The Morgan fingerprint density at radius 3 is 2.74 bits per heavy atom. The number of benzene rings is 1. The number of para-hydroxylation sites is 1. The van der Waals surface area contributed by atoms with Crippen LogP contribution in [-0.2, 0) is 7.05 Å². The van der Waals surface area contributed by atoms with Gasteiger partial charge in [0.25, 0.3) is 0 Å². The molecule has 0 fully saturated rings. The number of nitrogens with zero attached hydrogens (tertiary/aromatic N) is 2. The highest BCUT2D eigenvalue weighted by atomic mass is 16.5. The van der Waals surface area contributed by atoms with Crippen molar-refractivity contribution < 1.29 is 14.6 Å². The first-order valence-electron chi connectivity index (χ1n) is 5.54. The summed E-state index contributed by atoms with van der Waals surface area (Å²) in [6, 6.07) is 8.80. The molecule has 0 bridgehead atoms. The normalized spacial score (nSPS) is 9.58. The number of hydrogen-bond donors (Lipinski definition) is 1. The molecule has 0 saturated carbocycles. The third kappa shape index (κ3) is 2.75. The Morgan fingerprint density at radius 2 is 2.11 bits per heavy atom. The monoisotopic (exact) mass is 256 g/mol. The summed E-state index contributed by atoms with van der Waals surface area (Å²) >= 11 is 0. The third-order valence-electron chi connectivity index (χ3n) is 2.53. The van der Waals surface area contributed by atoms with Crippen LogP contribution in [-0.4, -0.2) is 28.0 Å². The Kier molecular flexibility index (Phi) is 3.53. The highest BCUT2D eigenvalue weighted by Crippen LogP contribution is 2.15. The minimum Gasteiger partial charge on any atom is -0.495 e. The third-order valence-corrected chi connectivity index (χ3v) is 2.53. The van der Waals surface area contributed by atoms with Crippen molar-refractivity contribution in [1.82, 2.24) is 9.78 Å². The lowest BCUT2D eigenvalue weighted by molar-refractivity contribution is 0.0689. The van der Waals surface area contributed by atoms with E-state index in [1.807, 2.05) is 24.3 Å². The second kappa shape index (κ2) is 5.27. The number of aromatic nitrogens is 2. The SMILES string of the molecule is COc1ccccc1C#Cc1cc(C(=O)O)nn1C. The molecule has 0 amide bonds. The van der Waals surface area contributed by atoms with Crippen molar-refractivity contribution in [3.8, 4) is 17.6 Å². The molecule has 2 rings (SSSR count). The summed E-state index contributed by atoms with van der Waals surface area (Å²) in [5, 5.41) is 12.7.